The van der Waals surface area contributed by atoms with Crippen molar-refractivity contribution in [2.75, 3.05) is 6.61 Å². The molecule has 1 aliphatic rings. The van der Waals surface area contributed by atoms with Gasteiger partial charge in [0.05, 0.1) is 6.61 Å². The Kier molecular flexibility index (Phi) is 5.05. The number of hydrogen-bond donors (Lipinski definition) is 0. The van der Waals surface area contributed by atoms with Crippen molar-refractivity contribution in [3.05, 3.63) is 47.5 Å². The molecule has 0 aliphatic carbocycles. The molecule has 0 spiro atoms. The van der Waals surface area contributed by atoms with Crippen molar-refractivity contribution in [2.45, 2.75) is 38.6 Å². The Morgan fingerprint density at radius 2 is 2.05 bits per heavy atom. The SMILES string of the molecule is C=CCc1c(F)cc(COC2CCCCO2)cc1F. The predicted molar refractivity (Wildman–Crippen MR) is 68.6 cm³/mol. The lowest BCUT2D eigenvalue weighted by Crippen LogP contribution is -2.22. The highest BCUT2D eigenvalue weighted by molar-refractivity contribution is 5.27. The van der Waals surface area contributed by atoms with E-state index in [4.69, 9.17) is 9.47 Å². The van der Waals surface area contributed by atoms with Crippen LogP contribution in [0, 0.1) is 11.6 Å². The molecule has 19 heavy (non-hydrogen) atoms. The maximum Gasteiger partial charge on any atom is 0.158 e. The Morgan fingerprint density at radius 1 is 1.32 bits per heavy atom. The van der Waals surface area contributed by atoms with Gasteiger partial charge in [-0.1, -0.05) is 6.08 Å². The number of allylic oxidation sites excluding steroid dienone is 1. The van der Waals surface area contributed by atoms with E-state index in [9.17, 15) is 8.78 Å². The fourth-order valence-corrected chi connectivity index (χ4v) is 2.11. The van der Waals surface area contributed by atoms with E-state index in [0.717, 1.165) is 19.3 Å². The van der Waals surface area contributed by atoms with Crippen molar-refractivity contribution in [3.63, 3.8) is 0 Å². The van der Waals surface area contributed by atoms with Gasteiger partial charge in [-0.15, -0.1) is 6.58 Å². The molecule has 1 saturated heterocycles. The zero-order chi connectivity index (χ0) is 13.7. The van der Waals surface area contributed by atoms with Crippen LogP contribution in [0.2, 0.25) is 0 Å². The minimum Gasteiger partial charge on any atom is -0.353 e. The van der Waals surface area contributed by atoms with E-state index in [2.05, 4.69) is 6.58 Å². The third kappa shape index (κ3) is 3.85. The Labute approximate surface area is 112 Å². The molecular weight excluding hydrogens is 250 g/mol. The zero-order valence-electron chi connectivity index (χ0n) is 10.8. The first-order valence-electron chi connectivity index (χ1n) is 6.51. The molecule has 1 aromatic carbocycles. The van der Waals surface area contributed by atoms with Crippen molar-refractivity contribution in [1.82, 2.24) is 0 Å². The first-order chi connectivity index (χ1) is 9.20. The van der Waals surface area contributed by atoms with Gasteiger partial charge in [0.15, 0.2) is 6.29 Å². The summed E-state index contributed by atoms with van der Waals surface area (Å²) in [5, 5.41) is 0. The lowest BCUT2D eigenvalue weighted by atomic mass is 10.1. The van der Waals surface area contributed by atoms with Gasteiger partial charge in [0, 0.05) is 12.2 Å². The van der Waals surface area contributed by atoms with E-state index in [1.165, 1.54) is 18.2 Å². The summed E-state index contributed by atoms with van der Waals surface area (Å²) in [5.41, 5.74) is 0.532. The molecule has 104 valence electrons. The highest BCUT2D eigenvalue weighted by Crippen LogP contribution is 2.19. The summed E-state index contributed by atoms with van der Waals surface area (Å²) in [6.45, 7) is 4.33. The average Bonchev–Trinajstić information content (AvgIpc) is 2.42. The molecule has 1 fully saturated rings. The van der Waals surface area contributed by atoms with Crippen LogP contribution in [-0.4, -0.2) is 12.9 Å². The first-order valence-corrected chi connectivity index (χ1v) is 6.51. The second-order valence-electron chi connectivity index (χ2n) is 4.64. The minimum atomic E-state index is -0.553. The third-order valence-corrected chi connectivity index (χ3v) is 3.12. The molecule has 1 heterocycles. The Balaban J connectivity index is 1.98. The van der Waals surface area contributed by atoms with Crippen molar-refractivity contribution < 1.29 is 18.3 Å². The summed E-state index contributed by atoms with van der Waals surface area (Å²) in [5.74, 6) is -1.11. The van der Waals surface area contributed by atoms with Crippen molar-refractivity contribution in [3.8, 4) is 0 Å². The van der Waals surface area contributed by atoms with Gasteiger partial charge in [-0.3, -0.25) is 0 Å². The molecular formula is C15H18F2O2. The van der Waals surface area contributed by atoms with E-state index >= 15 is 0 Å². The maximum atomic E-state index is 13.7. The molecule has 1 atom stereocenters. The summed E-state index contributed by atoms with van der Waals surface area (Å²) < 4.78 is 38.3. The van der Waals surface area contributed by atoms with Crippen molar-refractivity contribution in [2.24, 2.45) is 0 Å². The first kappa shape index (κ1) is 14.2. The summed E-state index contributed by atoms with van der Waals surface area (Å²) in [6, 6.07) is 2.62. The molecule has 4 heteroatoms. The van der Waals surface area contributed by atoms with Gasteiger partial charge in [0.25, 0.3) is 0 Å². The normalized spacial score (nSPS) is 19.4. The van der Waals surface area contributed by atoms with Gasteiger partial charge in [-0.2, -0.15) is 0 Å². The van der Waals surface area contributed by atoms with Gasteiger partial charge >= 0.3 is 0 Å². The monoisotopic (exact) mass is 268 g/mol. The third-order valence-electron chi connectivity index (χ3n) is 3.12. The molecule has 2 rings (SSSR count). The van der Waals surface area contributed by atoms with Crippen LogP contribution in [0.5, 0.6) is 0 Å². The summed E-state index contributed by atoms with van der Waals surface area (Å²) in [6.07, 6.45) is 4.34. The molecule has 0 N–H and O–H groups in total. The summed E-state index contributed by atoms with van der Waals surface area (Å²) >= 11 is 0. The van der Waals surface area contributed by atoms with Gasteiger partial charge in [-0.05, 0) is 43.4 Å². The number of halogens is 2. The second kappa shape index (κ2) is 6.78. The van der Waals surface area contributed by atoms with Gasteiger partial charge in [0.1, 0.15) is 11.6 Å². The molecule has 1 aromatic rings. The average molecular weight is 268 g/mol. The van der Waals surface area contributed by atoms with Crippen LogP contribution in [0.3, 0.4) is 0 Å². The highest BCUT2D eigenvalue weighted by atomic mass is 19.1. The maximum absolute atomic E-state index is 13.7. The van der Waals surface area contributed by atoms with Crippen LogP contribution < -0.4 is 0 Å². The van der Waals surface area contributed by atoms with E-state index in [0.29, 0.717) is 12.2 Å². The molecule has 0 radical (unpaired) electrons. The van der Waals surface area contributed by atoms with Crippen LogP contribution in [0.25, 0.3) is 0 Å². The Hall–Kier alpha value is -1.26. The minimum absolute atomic E-state index is 0.0488. The fourth-order valence-electron chi connectivity index (χ4n) is 2.11. The molecule has 0 bridgehead atoms. The number of benzene rings is 1. The standard InChI is InChI=1S/C15H18F2O2/c1-2-5-12-13(16)8-11(9-14(12)17)10-19-15-6-3-4-7-18-15/h2,8-9,15H,1,3-7,10H2. The zero-order valence-corrected chi connectivity index (χ0v) is 10.8. The van der Waals surface area contributed by atoms with Crippen molar-refractivity contribution >= 4 is 0 Å². The molecule has 1 unspecified atom stereocenters. The predicted octanol–water partition coefficient (Wildman–Crippen LogP) is 3.74. The smallest absolute Gasteiger partial charge is 0.158 e. The molecule has 1 aliphatic heterocycles. The molecule has 2 nitrogen and oxygen atoms in total. The lowest BCUT2D eigenvalue weighted by molar-refractivity contribution is -0.169. The van der Waals surface area contributed by atoms with Crippen molar-refractivity contribution in [1.29, 1.82) is 0 Å². The molecule has 0 amide bonds. The van der Waals surface area contributed by atoms with Gasteiger partial charge in [-0.25, -0.2) is 8.78 Å². The van der Waals surface area contributed by atoms with E-state index in [1.807, 2.05) is 0 Å². The Morgan fingerprint density at radius 3 is 2.63 bits per heavy atom. The van der Waals surface area contributed by atoms with Crippen LogP contribution >= 0.6 is 0 Å². The van der Waals surface area contributed by atoms with Crippen LogP contribution in [-0.2, 0) is 22.5 Å². The van der Waals surface area contributed by atoms with E-state index < -0.39 is 11.6 Å². The summed E-state index contributed by atoms with van der Waals surface area (Å²) in [4.78, 5) is 0. The number of ether oxygens (including phenoxy) is 2. The van der Waals surface area contributed by atoms with Crippen LogP contribution in [0.1, 0.15) is 30.4 Å². The van der Waals surface area contributed by atoms with E-state index in [1.54, 1.807) is 0 Å². The largest absolute Gasteiger partial charge is 0.353 e. The fraction of sp³-hybridized carbons (Fsp3) is 0.467. The molecule has 0 aromatic heterocycles. The topological polar surface area (TPSA) is 18.5 Å². The lowest BCUT2D eigenvalue weighted by Gasteiger charge is -2.22. The number of rotatable bonds is 5. The number of hydrogen-bond acceptors (Lipinski definition) is 2. The molecule has 0 saturated carbocycles. The summed E-state index contributed by atoms with van der Waals surface area (Å²) in [7, 11) is 0. The van der Waals surface area contributed by atoms with Gasteiger partial charge in [0.2, 0.25) is 0 Å². The second-order valence-corrected chi connectivity index (χ2v) is 4.64. The van der Waals surface area contributed by atoms with Crippen LogP contribution in [0.4, 0.5) is 8.78 Å². The van der Waals surface area contributed by atoms with Gasteiger partial charge < -0.3 is 9.47 Å². The quantitative estimate of drug-likeness (QED) is 0.757. The van der Waals surface area contributed by atoms with Crippen LogP contribution in [0.15, 0.2) is 24.8 Å². The Bertz CT molecular complexity index is 417. The highest BCUT2D eigenvalue weighted by Gasteiger charge is 2.15. The van der Waals surface area contributed by atoms with E-state index in [-0.39, 0.29) is 24.9 Å².